The first-order chi connectivity index (χ1) is 7.19. The van der Waals surface area contributed by atoms with Crippen LogP contribution < -0.4 is 0 Å². The molecule has 0 aromatic heterocycles. The molecule has 15 heavy (non-hydrogen) atoms. The normalized spacial score (nSPS) is 11.9. The lowest BCUT2D eigenvalue weighted by Gasteiger charge is -2.14. The lowest BCUT2D eigenvalue weighted by atomic mass is 10.1. The minimum Gasteiger partial charge on any atom is -0.377 e. The fraction of sp³-hybridized carbons (Fsp3) is 0.333. The Balaban J connectivity index is 2.95. The molecule has 0 spiro atoms. The first-order valence-corrected chi connectivity index (χ1v) is 4.93. The summed E-state index contributed by atoms with van der Waals surface area (Å²) in [6.45, 7) is 0.203. The zero-order valence-electron chi connectivity index (χ0n) is 8.02. The van der Waals surface area contributed by atoms with Crippen molar-refractivity contribution in [2.45, 2.75) is 6.10 Å². The van der Waals surface area contributed by atoms with E-state index < -0.39 is 0 Å². The summed E-state index contributed by atoms with van der Waals surface area (Å²) in [5.41, 5.74) is 8.98. The maximum Gasteiger partial charge on any atom is 0.0891 e. The van der Waals surface area contributed by atoms with Crippen LogP contribution in [-0.2, 0) is 4.74 Å². The average molecular weight is 246 g/mol. The third kappa shape index (κ3) is 3.29. The molecule has 0 amide bonds. The second-order valence-corrected chi connectivity index (χ2v) is 3.65. The molecule has 0 N–H and O–H groups in total. The predicted molar refractivity (Wildman–Crippen MR) is 60.2 cm³/mol. The summed E-state index contributed by atoms with van der Waals surface area (Å²) in [4.78, 5) is 2.67. The molecule has 0 aliphatic rings. The van der Waals surface area contributed by atoms with Crippen molar-refractivity contribution >= 4 is 23.2 Å². The summed E-state index contributed by atoms with van der Waals surface area (Å²) in [6.07, 6.45) is -0.342. The third-order valence-corrected chi connectivity index (χ3v) is 2.47. The average Bonchev–Trinajstić information content (AvgIpc) is 2.21. The van der Waals surface area contributed by atoms with E-state index in [1.807, 2.05) is 0 Å². The summed E-state index contributed by atoms with van der Waals surface area (Å²) in [6, 6.07) is 5.09. The Labute approximate surface area is 97.4 Å². The minimum atomic E-state index is -0.342. The van der Waals surface area contributed by atoms with E-state index in [4.69, 9.17) is 33.5 Å². The van der Waals surface area contributed by atoms with Crippen LogP contribution in [0.2, 0.25) is 10.0 Å². The van der Waals surface area contributed by atoms with Gasteiger partial charge in [-0.25, -0.2) is 0 Å². The van der Waals surface area contributed by atoms with Crippen molar-refractivity contribution < 1.29 is 4.74 Å². The fourth-order valence-electron chi connectivity index (χ4n) is 1.17. The highest BCUT2D eigenvalue weighted by atomic mass is 35.5. The van der Waals surface area contributed by atoms with Gasteiger partial charge in [0.2, 0.25) is 0 Å². The van der Waals surface area contributed by atoms with E-state index in [2.05, 4.69) is 10.0 Å². The topological polar surface area (TPSA) is 58.0 Å². The monoisotopic (exact) mass is 245 g/mol. The van der Waals surface area contributed by atoms with Crippen molar-refractivity contribution in [1.29, 1.82) is 0 Å². The van der Waals surface area contributed by atoms with Crippen LogP contribution in [0.3, 0.4) is 0 Å². The summed E-state index contributed by atoms with van der Waals surface area (Å²) >= 11 is 11.7. The summed E-state index contributed by atoms with van der Waals surface area (Å²) in [7, 11) is 1.53. The van der Waals surface area contributed by atoms with Crippen molar-refractivity contribution in [2.24, 2.45) is 5.11 Å². The Morgan fingerprint density at radius 3 is 2.80 bits per heavy atom. The largest absolute Gasteiger partial charge is 0.377 e. The number of azide groups is 1. The maximum absolute atomic E-state index is 8.22. The van der Waals surface area contributed by atoms with E-state index in [9.17, 15) is 0 Å². The van der Waals surface area contributed by atoms with Crippen LogP contribution in [0.25, 0.3) is 10.4 Å². The number of hydrogen-bond donors (Lipinski definition) is 0. The molecule has 4 nitrogen and oxygen atoms in total. The molecule has 0 saturated heterocycles. The quantitative estimate of drug-likeness (QED) is 0.450. The van der Waals surface area contributed by atoms with Gasteiger partial charge in [0.1, 0.15) is 0 Å². The molecule has 1 unspecified atom stereocenters. The van der Waals surface area contributed by atoms with Crippen molar-refractivity contribution in [1.82, 2.24) is 0 Å². The van der Waals surface area contributed by atoms with Gasteiger partial charge in [-0.1, -0.05) is 34.4 Å². The second-order valence-electron chi connectivity index (χ2n) is 2.80. The van der Waals surface area contributed by atoms with E-state index in [1.54, 1.807) is 18.2 Å². The fourth-order valence-corrected chi connectivity index (χ4v) is 1.70. The molecule has 1 aromatic carbocycles. The van der Waals surface area contributed by atoms with Gasteiger partial charge in [0.25, 0.3) is 0 Å². The van der Waals surface area contributed by atoms with Crippen LogP contribution in [0.1, 0.15) is 11.7 Å². The standard InChI is InChI=1S/C9H9Cl2N3O/c1-15-9(5-13-14-12)7-3-2-6(10)4-8(7)11/h2-4,9H,5H2,1H3. The number of ether oxygens (including phenoxy) is 1. The van der Waals surface area contributed by atoms with Crippen LogP contribution in [0.15, 0.2) is 23.3 Å². The molecule has 0 heterocycles. The van der Waals surface area contributed by atoms with Gasteiger partial charge in [0.15, 0.2) is 0 Å². The molecule has 1 aromatic rings. The van der Waals surface area contributed by atoms with Gasteiger partial charge in [-0.05, 0) is 23.2 Å². The van der Waals surface area contributed by atoms with Crippen LogP contribution in [0.5, 0.6) is 0 Å². The SMILES string of the molecule is COC(CN=[N+]=[N-])c1ccc(Cl)cc1Cl. The molecule has 80 valence electrons. The summed E-state index contributed by atoms with van der Waals surface area (Å²) < 4.78 is 5.17. The van der Waals surface area contributed by atoms with E-state index in [0.29, 0.717) is 10.0 Å². The lowest BCUT2D eigenvalue weighted by molar-refractivity contribution is 0.110. The summed E-state index contributed by atoms with van der Waals surface area (Å²) in [5.74, 6) is 0. The molecular formula is C9H9Cl2N3O. The highest BCUT2D eigenvalue weighted by molar-refractivity contribution is 6.35. The van der Waals surface area contributed by atoms with Crippen molar-refractivity contribution in [3.63, 3.8) is 0 Å². The molecule has 1 rings (SSSR count). The van der Waals surface area contributed by atoms with Gasteiger partial charge in [0.05, 0.1) is 12.6 Å². The molecule has 0 bridgehead atoms. The van der Waals surface area contributed by atoms with Crippen molar-refractivity contribution in [2.75, 3.05) is 13.7 Å². The molecule has 0 fully saturated rings. The Morgan fingerprint density at radius 2 is 2.27 bits per heavy atom. The zero-order chi connectivity index (χ0) is 11.3. The van der Waals surface area contributed by atoms with Gasteiger partial charge in [-0.2, -0.15) is 0 Å². The smallest absolute Gasteiger partial charge is 0.0891 e. The zero-order valence-corrected chi connectivity index (χ0v) is 9.53. The van der Waals surface area contributed by atoms with E-state index >= 15 is 0 Å². The summed E-state index contributed by atoms with van der Waals surface area (Å²) in [5, 5.41) is 4.51. The maximum atomic E-state index is 8.22. The molecule has 0 saturated carbocycles. The highest BCUT2D eigenvalue weighted by Gasteiger charge is 2.13. The number of nitrogens with zero attached hydrogens (tertiary/aromatic N) is 3. The molecule has 0 aliphatic heterocycles. The Bertz CT molecular complexity index is 391. The van der Waals surface area contributed by atoms with Gasteiger partial charge >= 0.3 is 0 Å². The first-order valence-electron chi connectivity index (χ1n) is 4.17. The molecule has 6 heteroatoms. The second kappa shape index (κ2) is 5.83. The lowest BCUT2D eigenvalue weighted by Crippen LogP contribution is -2.05. The number of benzene rings is 1. The van der Waals surface area contributed by atoms with Gasteiger partial charge in [-0.15, -0.1) is 0 Å². The van der Waals surface area contributed by atoms with E-state index in [0.717, 1.165) is 5.56 Å². The number of methoxy groups -OCH3 is 1. The van der Waals surface area contributed by atoms with Crippen LogP contribution >= 0.6 is 23.2 Å². The molecule has 0 radical (unpaired) electrons. The van der Waals surface area contributed by atoms with E-state index in [-0.39, 0.29) is 12.6 Å². The van der Waals surface area contributed by atoms with Crippen LogP contribution in [0, 0.1) is 0 Å². The van der Waals surface area contributed by atoms with Crippen molar-refractivity contribution in [3.8, 4) is 0 Å². The van der Waals surface area contributed by atoms with E-state index in [1.165, 1.54) is 7.11 Å². The first kappa shape index (κ1) is 12.1. The molecule has 1 atom stereocenters. The van der Waals surface area contributed by atoms with Crippen LogP contribution in [0.4, 0.5) is 0 Å². The van der Waals surface area contributed by atoms with Crippen LogP contribution in [-0.4, -0.2) is 13.7 Å². The Morgan fingerprint density at radius 1 is 1.53 bits per heavy atom. The Hall–Kier alpha value is -0.930. The number of hydrogen-bond acceptors (Lipinski definition) is 2. The molecule has 0 aliphatic carbocycles. The van der Waals surface area contributed by atoms with Crippen molar-refractivity contribution in [3.05, 3.63) is 44.3 Å². The highest BCUT2D eigenvalue weighted by Crippen LogP contribution is 2.28. The minimum absolute atomic E-state index is 0.203. The van der Waals surface area contributed by atoms with Gasteiger partial charge < -0.3 is 4.74 Å². The predicted octanol–water partition coefficient (Wildman–Crippen LogP) is 3.99. The Kier molecular flexibility index (Phi) is 4.72. The number of rotatable bonds is 4. The van der Waals surface area contributed by atoms with Gasteiger partial charge in [-0.3, -0.25) is 0 Å². The number of halogens is 2. The third-order valence-electron chi connectivity index (χ3n) is 1.90. The molecular weight excluding hydrogens is 237 g/mol. The van der Waals surface area contributed by atoms with Gasteiger partial charge in [0, 0.05) is 22.1 Å².